The molecule has 2 rings (SSSR count). The third-order valence-electron chi connectivity index (χ3n) is 6.24. The van der Waals surface area contributed by atoms with Crippen LogP contribution in [0.2, 0.25) is 5.02 Å². The van der Waals surface area contributed by atoms with Gasteiger partial charge in [0.15, 0.2) is 0 Å². The van der Waals surface area contributed by atoms with Gasteiger partial charge in [0, 0.05) is 52.5 Å². The van der Waals surface area contributed by atoms with Crippen LogP contribution in [0.15, 0.2) is 23.6 Å². The van der Waals surface area contributed by atoms with Crippen molar-refractivity contribution in [1.82, 2.24) is 10.2 Å². The highest BCUT2D eigenvalue weighted by Gasteiger charge is 2.36. The van der Waals surface area contributed by atoms with Gasteiger partial charge in [-0.3, -0.25) is 4.57 Å². The second kappa shape index (κ2) is 14.2. The Bertz CT molecular complexity index is 906. The van der Waals surface area contributed by atoms with Crippen LogP contribution >= 0.6 is 19.2 Å². The minimum atomic E-state index is -3.38. The Labute approximate surface area is 223 Å². The number of benzene rings is 1. The lowest BCUT2D eigenvalue weighted by molar-refractivity contribution is 0.172. The number of rotatable bonds is 14. The van der Waals surface area contributed by atoms with Gasteiger partial charge in [0.05, 0.1) is 30.2 Å². The highest BCUT2D eigenvalue weighted by Crippen LogP contribution is 2.58. The van der Waals surface area contributed by atoms with Gasteiger partial charge in [-0.25, -0.2) is 0 Å². The van der Waals surface area contributed by atoms with Crippen LogP contribution in [0.1, 0.15) is 71.0 Å². The van der Waals surface area contributed by atoms with E-state index in [9.17, 15) is 4.57 Å². The summed E-state index contributed by atoms with van der Waals surface area (Å²) in [6.45, 7) is 12.3. The van der Waals surface area contributed by atoms with E-state index in [2.05, 4.69) is 32.2 Å². The van der Waals surface area contributed by atoms with Crippen LogP contribution in [0.5, 0.6) is 5.75 Å². The van der Waals surface area contributed by atoms with Gasteiger partial charge in [-0.2, -0.15) is 0 Å². The van der Waals surface area contributed by atoms with Crippen LogP contribution in [0, 0.1) is 5.41 Å². The van der Waals surface area contributed by atoms with Crippen molar-refractivity contribution in [3.05, 3.63) is 39.8 Å². The molecular weight excluding hydrogens is 499 g/mol. The molecule has 1 aromatic carbocycles. The van der Waals surface area contributed by atoms with E-state index in [0.29, 0.717) is 48.9 Å². The Hall–Kier alpha value is -1.08. The summed E-state index contributed by atoms with van der Waals surface area (Å²) in [4.78, 5) is 1.89. The second-order valence-electron chi connectivity index (χ2n) is 10.5. The van der Waals surface area contributed by atoms with E-state index in [1.807, 2.05) is 45.1 Å². The fourth-order valence-corrected chi connectivity index (χ4v) is 6.51. The zero-order valence-electron chi connectivity index (χ0n) is 23.4. The van der Waals surface area contributed by atoms with Crippen molar-refractivity contribution in [3.8, 4) is 5.75 Å². The number of allylic oxidation sites excluding steroid dienone is 1. The first-order valence-corrected chi connectivity index (χ1v) is 14.8. The number of nitrogens with zero attached hydrogens (tertiary/aromatic N) is 1. The predicted molar refractivity (Wildman–Crippen MR) is 148 cm³/mol. The normalized spacial score (nSPS) is 18.8. The number of halogens is 1. The SMILES string of the molecule is CCOP(=O)(OCC)C(=CN(C)C)CCC1NC(C(C)(C)C)Cc2cc(OCCCOC)c(Cl)cc21. The summed E-state index contributed by atoms with van der Waals surface area (Å²) in [5.41, 5.74) is 2.46. The number of methoxy groups -OCH3 is 1. The van der Waals surface area contributed by atoms with Crippen LogP contribution < -0.4 is 10.1 Å². The summed E-state index contributed by atoms with van der Waals surface area (Å²) in [6, 6.07) is 4.43. The molecule has 2 unspecified atom stereocenters. The number of hydrogen-bond donors (Lipinski definition) is 1. The molecule has 1 aromatic rings. The molecule has 0 aliphatic carbocycles. The quantitative estimate of drug-likeness (QED) is 0.204. The van der Waals surface area contributed by atoms with Gasteiger partial charge >= 0.3 is 7.60 Å². The summed E-state index contributed by atoms with van der Waals surface area (Å²) in [7, 11) is 2.14. The lowest BCUT2D eigenvalue weighted by Gasteiger charge is -2.41. The summed E-state index contributed by atoms with van der Waals surface area (Å²) in [5.74, 6) is 0.713. The summed E-state index contributed by atoms with van der Waals surface area (Å²) >= 11 is 6.67. The van der Waals surface area contributed by atoms with E-state index in [-0.39, 0.29) is 17.5 Å². The van der Waals surface area contributed by atoms with Gasteiger partial charge in [-0.15, -0.1) is 0 Å². The molecule has 0 aromatic heterocycles. The molecule has 0 fully saturated rings. The number of ether oxygens (including phenoxy) is 2. The summed E-state index contributed by atoms with van der Waals surface area (Å²) in [6.07, 6.45) is 4.86. The minimum Gasteiger partial charge on any atom is -0.492 e. The molecule has 0 saturated carbocycles. The van der Waals surface area contributed by atoms with Crippen molar-refractivity contribution < 1.29 is 23.1 Å². The van der Waals surface area contributed by atoms with Crippen molar-refractivity contribution in [2.45, 2.75) is 72.4 Å². The molecule has 7 nitrogen and oxygen atoms in total. The van der Waals surface area contributed by atoms with Crippen molar-refractivity contribution >= 4 is 19.2 Å². The molecule has 1 aliphatic heterocycles. The maximum absolute atomic E-state index is 13.6. The average Bonchev–Trinajstić information content (AvgIpc) is 2.79. The van der Waals surface area contributed by atoms with Gasteiger partial charge in [-0.1, -0.05) is 32.4 Å². The predicted octanol–water partition coefficient (Wildman–Crippen LogP) is 6.81. The molecule has 9 heteroatoms. The third kappa shape index (κ3) is 8.75. The Morgan fingerprint density at radius 3 is 2.42 bits per heavy atom. The van der Waals surface area contributed by atoms with Crippen LogP contribution in [0.3, 0.4) is 0 Å². The molecule has 0 saturated heterocycles. The molecular formula is C27H46ClN2O5P. The fourth-order valence-electron chi connectivity index (χ4n) is 4.42. The van der Waals surface area contributed by atoms with E-state index >= 15 is 0 Å². The van der Waals surface area contributed by atoms with Gasteiger partial charge in [-0.05, 0) is 61.8 Å². The lowest BCUT2D eigenvalue weighted by Crippen LogP contribution is -2.47. The summed E-state index contributed by atoms with van der Waals surface area (Å²) in [5, 5.41) is 5.14. The van der Waals surface area contributed by atoms with E-state index in [0.717, 1.165) is 24.8 Å². The van der Waals surface area contributed by atoms with E-state index in [1.54, 1.807) is 7.11 Å². The average molecular weight is 545 g/mol. The standard InChI is InChI=1S/C27H46ClN2O5P/c1-9-34-36(31,35-10-2)21(19-30(6)7)12-13-24-22-18-23(28)25(33-15-11-14-32-8)16-20(22)17-26(29-24)27(3,4)5/h16,18-19,24,26,29H,9-15,17H2,1-8H3. The molecule has 206 valence electrons. The number of nitrogens with one attached hydrogen (secondary N) is 1. The molecule has 1 heterocycles. The van der Waals surface area contributed by atoms with Gasteiger partial charge in [0.2, 0.25) is 0 Å². The topological polar surface area (TPSA) is 69.3 Å². The van der Waals surface area contributed by atoms with E-state index < -0.39 is 7.60 Å². The van der Waals surface area contributed by atoms with Crippen LogP contribution in [0.4, 0.5) is 0 Å². The molecule has 0 amide bonds. The zero-order valence-corrected chi connectivity index (χ0v) is 25.0. The smallest absolute Gasteiger partial charge is 0.358 e. The monoisotopic (exact) mass is 544 g/mol. The largest absolute Gasteiger partial charge is 0.492 e. The Morgan fingerprint density at radius 1 is 1.19 bits per heavy atom. The first-order chi connectivity index (χ1) is 16.9. The first-order valence-electron chi connectivity index (χ1n) is 12.9. The number of hydrogen-bond acceptors (Lipinski definition) is 7. The number of fused-ring (bicyclic) bond motifs is 1. The van der Waals surface area contributed by atoms with Gasteiger partial charge < -0.3 is 28.7 Å². The van der Waals surface area contributed by atoms with E-state index in [1.165, 1.54) is 5.56 Å². The van der Waals surface area contributed by atoms with Gasteiger partial charge in [0.1, 0.15) is 5.75 Å². The van der Waals surface area contributed by atoms with Crippen LogP contribution in [-0.4, -0.2) is 58.6 Å². The van der Waals surface area contributed by atoms with Crippen molar-refractivity contribution in [1.29, 1.82) is 0 Å². The fraction of sp³-hybridized carbons (Fsp3) is 0.704. The lowest BCUT2D eigenvalue weighted by atomic mass is 9.77. The minimum absolute atomic E-state index is 0.0419. The maximum atomic E-state index is 13.6. The molecule has 2 atom stereocenters. The second-order valence-corrected chi connectivity index (χ2v) is 13.0. The zero-order chi connectivity index (χ0) is 26.9. The molecule has 1 N–H and O–H groups in total. The Balaban J connectivity index is 2.36. The molecule has 1 aliphatic rings. The molecule has 36 heavy (non-hydrogen) atoms. The maximum Gasteiger partial charge on any atom is 0.358 e. The van der Waals surface area contributed by atoms with Crippen LogP contribution in [-0.2, 0) is 24.8 Å². The summed E-state index contributed by atoms with van der Waals surface area (Å²) < 4.78 is 36.1. The molecule has 0 bridgehead atoms. The highest BCUT2D eigenvalue weighted by molar-refractivity contribution is 7.58. The third-order valence-corrected chi connectivity index (χ3v) is 8.77. The Morgan fingerprint density at radius 2 is 1.86 bits per heavy atom. The van der Waals surface area contributed by atoms with Crippen LogP contribution in [0.25, 0.3) is 0 Å². The van der Waals surface area contributed by atoms with Gasteiger partial charge in [0.25, 0.3) is 0 Å². The Kier molecular flexibility index (Phi) is 12.3. The van der Waals surface area contributed by atoms with E-state index in [4.69, 9.17) is 30.1 Å². The van der Waals surface area contributed by atoms with Crippen molar-refractivity contribution in [2.75, 3.05) is 47.6 Å². The molecule has 0 radical (unpaired) electrons. The van der Waals surface area contributed by atoms with Crippen molar-refractivity contribution in [3.63, 3.8) is 0 Å². The first kappa shape index (κ1) is 31.1. The van der Waals surface area contributed by atoms with Crippen molar-refractivity contribution in [2.24, 2.45) is 5.41 Å². The highest BCUT2D eigenvalue weighted by atomic mass is 35.5. The molecule has 0 spiro atoms.